The summed E-state index contributed by atoms with van der Waals surface area (Å²) >= 11 is 6.53. The van der Waals surface area contributed by atoms with Gasteiger partial charge in [0, 0.05) is 63.1 Å². The summed E-state index contributed by atoms with van der Waals surface area (Å²) in [5.41, 5.74) is 2.20. The van der Waals surface area contributed by atoms with Gasteiger partial charge in [0.15, 0.2) is 0 Å². The largest absolute Gasteiger partial charge is 0.478 e. The van der Waals surface area contributed by atoms with Crippen LogP contribution in [0.5, 0.6) is 11.6 Å². The van der Waals surface area contributed by atoms with Crippen LogP contribution in [0, 0.1) is 0 Å². The fourth-order valence-electron chi connectivity index (χ4n) is 6.06. The Bertz CT molecular complexity index is 1360. The monoisotopic (exact) mass is 636 g/mol. The van der Waals surface area contributed by atoms with Crippen LogP contribution < -0.4 is 4.74 Å². The molecule has 3 saturated heterocycles. The lowest BCUT2D eigenvalue weighted by atomic mass is 9.98. The molecule has 2 aromatic rings. The minimum absolute atomic E-state index is 0.0240. The smallest absolute Gasteiger partial charge is 0.335 e. The number of benzene rings is 1. The summed E-state index contributed by atoms with van der Waals surface area (Å²) in [4.78, 5) is 35.7. The van der Waals surface area contributed by atoms with Gasteiger partial charge in [-0.05, 0) is 82.4 Å². The van der Waals surface area contributed by atoms with Crippen LogP contribution >= 0.6 is 11.6 Å². The molecule has 0 aliphatic carbocycles. The fraction of sp³-hybridized carbons (Fsp3) is 0.457. The summed E-state index contributed by atoms with van der Waals surface area (Å²) in [6, 6.07) is 10.4. The van der Waals surface area contributed by atoms with Gasteiger partial charge in [-0.15, -0.1) is 0 Å². The molecule has 0 bridgehead atoms. The molecule has 1 N–H and O–H groups in total. The normalized spacial score (nSPS) is 20.3. The Morgan fingerprint density at radius 1 is 1.04 bits per heavy atom. The van der Waals surface area contributed by atoms with E-state index in [0.29, 0.717) is 43.1 Å². The second kappa shape index (κ2) is 16.6. The molecular formula is C35H45ClN4O5. The number of aromatic nitrogens is 1. The molecule has 3 aliphatic rings. The van der Waals surface area contributed by atoms with E-state index < -0.39 is 5.97 Å². The molecule has 0 spiro atoms. The van der Waals surface area contributed by atoms with Gasteiger partial charge < -0.3 is 24.4 Å². The number of likely N-dealkylation sites (tertiary alicyclic amines) is 1. The number of rotatable bonds is 9. The average Bonchev–Trinajstić information content (AvgIpc) is 3.40. The first-order valence-corrected chi connectivity index (χ1v) is 16.1. The number of hydrogen-bond donors (Lipinski definition) is 1. The van der Waals surface area contributed by atoms with E-state index in [1.165, 1.54) is 12.1 Å². The SMILES string of the molecule is C/C=C/C.C=C/C(=C\C)C1CN(C2CCOCC2)C(=O)N1C1CCN(Cc2ccc(Oc3ccc(C(=O)O)cc3)nc2Cl)CC1. The third-order valence-electron chi connectivity index (χ3n) is 8.66. The van der Waals surface area contributed by atoms with E-state index in [2.05, 4.69) is 32.3 Å². The van der Waals surface area contributed by atoms with E-state index >= 15 is 0 Å². The first-order valence-electron chi connectivity index (χ1n) is 15.7. The number of allylic oxidation sites excluding steroid dienone is 3. The Morgan fingerprint density at radius 3 is 2.27 bits per heavy atom. The highest BCUT2D eigenvalue weighted by molar-refractivity contribution is 6.30. The van der Waals surface area contributed by atoms with Crippen LogP contribution in [0.3, 0.4) is 0 Å². The van der Waals surface area contributed by atoms with Crippen LogP contribution in [0.15, 0.2) is 72.9 Å². The van der Waals surface area contributed by atoms with E-state index in [-0.39, 0.29) is 29.7 Å². The molecule has 3 fully saturated rings. The minimum atomic E-state index is -0.991. The Labute approximate surface area is 271 Å². The van der Waals surface area contributed by atoms with Crippen molar-refractivity contribution in [1.82, 2.24) is 19.7 Å². The van der Waals surface area contributed by atoms with Gasteiger partial charge in [-0.25, -0.2) is 14.6 Å². The lowest BCUT2D eigenvalue weighted by molar-refractivity contribution is 0.0493. The number of ether oxygens (including phenoxy) is 2. The number of hydrogen-bond acceptors (Lipinski definition) is 6. The van der Waals surface area contributed by atoms with Crippen molar-refractivity contribution < 1.29 is 24.2 Å². The van der Waals surface area contributed by atoms with Crippen molar-refractivity contribution in [2.45, 2.75) is 71.1 Å². The van der Waals surface area contributed by atoms with Gasteiger partial charge in [-0.3, -0.25) is 4.90 Å². The molecule has 3 aliphatic heterocycles. The van der Waals surface area contributed by atoms with Crippen molar-refractivity contribution in [1.29, 1.82) is 0 Å². The summed E-state index contributed by atoms with van der Waals surface area (Å²) in [6.45, 7) is 14.5. The standard InChI is InChI=1S/C31H37ClN4O5.C4H8/c1-3-21(4-2)27-20-35(24-13-17-40-18-14-24)31(39)36(27)25-11-15-34(16-12-25)19-23-7-10-28(33-29(23)32)41-26-8-5-22(6-9-26)30(37)38;1-3-4-2/h3-10,24-25,27H,1,11-20H2,2H3,(H,37,38);3-4H,1-2H3/b21-4+;4-3+. The molecular weight excluding hydrogens is 592 g/mol. The number of aromatic carboxylic acids is 1. The van der Waals surface area contributed by atoms with Crippen molar-refractivity contribution in [2.24, 2.45) is 0 Å². The molecule has 45 heavy (non-hydrogen) atoms. The molecule has 1 atom stereocenters. The van der Waals surface area contributed by atoms with Crippen LogP contribution in [-0.2, 0) is 11.3 Å². The Morgan fingerprint density at radius 2 is 1.71 bits per heavy atom. The van der Waals surface area contributed by atoms with E-state index in [1.807, 2.05) is 45.1 Å². The van der Waals surface area contributed by atoms with Crippen molar-refractivity contribution in [3.05, 3.63) is 89.1 Å². The third kappa shape index (κ3) is 8.75. The quantitative estimate of drug-likeness (QED) is 0.177. The maximum atomic E-state index is 13.7. The maximum absolute atomic E-state index is 13.7. The molecule has 1 aromatic carbocycles. The fourth-order valence-corrected chi connectivity index (χ4v) is 6.27. The van der Waals surface area contributed by atoms with Gasteiger partial charge in [0.05, 0.1) is 11.6 Å². The second-order valence-corrected chi connectivity index (χ2v) is 11.8. The number of carbonyl (C=O) groups is 2. The van der Waals surface area contributed by atoms with Crippen LogP contribution in [0.2, 0.25) is 5.15 Å². The van der Waals surface area contributed by atoms with Gasteiger partial charge in [0.25, 0.3) is 0 Å². The highest BCUT2D eigenvalue weighted by atomic mass is 35.5. The van der Waals surface area contributed by atoms with Gasteiger partial charge in [0.1, 0.15) is 10.9 Å². The molecule has 5 rings (SSSR count). The zero-order valence-corrected chi connectivity index (χ0v) is 27.3. The van der Waals surface area contributed by atoms with Gasteiger partial charge in [-0.2, -0.15) is 0 Å². The first kappa shape index (κ1) is 34.2. The highest BCUT2D eigenvalue weighted by Crippen LogP contribution is 2.33. The molecule has 10 heteroatoms. The molecule has 1 unspecified atom stereocenters. The molecule has 9 nitrogen and oxygen atoms in total. The van der Waals surface area contributed by atoms with Crippen molar-refractivity contribution in [3.8, 4) is 11.6 Å². The summed E-state index contributed by atoms with van der Waals surface area (Å²) in [5.74, 6) is -0.166. The molecule has 1 aromatic heterocycles. The Balaban J connectivity index is 0.00000109. The Hall–Kier alpha value is -3.66. The number of pyridine rings is 1. The zero-order valence-electron chi connectivity index (χ0n) is 26.5. The molecule has 0 radical (unpaired) electrons. The summed E-state index contributed by atoms with van der Waals surface area (Å²) in [6.07, 6.45) is 11.5. The molecule has 242 valence electrons. The van der Waals surface area contributed by atoms with Crippen LogP contribution in [0.4, 0.5) is 4.79 Å². The third-order valence-corrected chi connectivity index (χ3v) is 8.99. The number of urea groups is 1. The van der Waals surface area contributed by atoms with E-state index in [1.54, 1.807) is 18.2 Å². The number of carbonyl (C=O) groups excluding carboxylic acids is 1. The predicted molar refractivity (Wildman–Crippen MR) is 177 cm³/mol. The molecule has 0 saturated carbocycles. The average molecular weight is 637 g/mol. The zero-order chi connectivity index (χ0) is 32.3. The summed E-state index contributed by atoms with van der Waals surface area (Å²) in [7, 11) is 0. The van der Waals surface area contributed by atoms with Crippen LogP contribution in [-0.4, -0.2) is 87.8 Å². The molecule has 2 amide bonds. The number of amides is 2. The summed E-state index contributed by atoms with van der Waals surface area (Å²) < 4.78 is 11.3. The second-order valence-electron chi connectivity index (χ2n) is 11.4. The van der Waals surface area contributed by atoms with E-state index in [9.17, 15) is 9.59 Å². The van der Waals surface area contributed by atoms with Crippen LogP contribution in [0.25, 0.3) is 0 Å². The van der Waals surface area contributed by atoms with Crippen molar-refractivity contribution in [2.75, 3.05) is 32.8 Å². The van der Waals surface area contributed by atoms with Gasteiger partial charge in [0.2, 0.25) is 5.88 Å². The number of nitrogens with zero attached hydrogens (tertiary/aromatic N) is 4. The number of halogens is 1. The number of piperidine rings is 1. The predicted octanol–water partition coefficient (Wildman–Crippen LogP) is 7.19. The van der Waals surface area contributed by atoms with Gasteiger partial charge in [-0.1, -0.05) is 42.5 Å². The van der Waals surface area contributed by atoms with E-state index in [4.69, 9.17) is 26.2 Å². The number of carboxylic acid groups (broad SMARTS) is 1. The summed E-state index contributed by atoms with van der Waals surface area (Å²) in [5, 5.41) is 9.43. The van der Waals surface area contributed by atoms with Crippen molar-refractivity contribution >= 4 is 23.6 Å². The van der Waals surface area contributed by atoms with Crippen LogP contribution in [0.1, 0.15) is 62.4 Å². The lowest BCUT2D eigenvalue weighted by Gasteiger charge is -2.39. The van der Waals surface area contributed by atoms with E-state index in [0.717, 1.165) is 49.9 Å². The first-order chi connectivity index (χ1) is 21.8. The van der Waals surface area contributed by atoms with Gasteiger partial charge >= 0.3 is 12.0 Å². The highest BCUT2D eigenvalue weighted by Gasteiger charge is 2.45. The maximum Gasteiger partial charge on any atom is 0.335 e. The topological polar surface area (TPSA) is 95.4 Å². The molecule has 4 heterocycles. The minimum Gasteiger partial charge on any atom is -0.478 e. The van der Waals surface area contributed by atoms with Crippen molar-refractivity contribution in [3.63, 3.8) is 0 Å². The lowest BCUT2D eigenvalue weighted by Crippen LogP contribution is -2.50. The number of carboxylic acids is 1. The Kier molecular flexibility index (Phi) is 12.6.